The van der Waals surface area contributed by atoms with E-state index in [1.807, 2.05) is 24.3 Å². The Labute approximate surface area is 197 Å². The van der Waals surface area contributed by atoms with Gasteiger partial charge in [-0.05, 0) is 61.5 Å². The molecule has 0 saturated heterocycles. The zero-order chi connectivity index (χ0) is 22.3. The maximum Gasteiger partial charge on any atom is 0.200 e. The van der Waals surface area contributed by atoms with Crippen molar-refractivity contribution < 1.29 is 0 Å². The first-order valence-electron chi connectivity index (χ1n) is 11.4. The van der Waals surface area contributed by atoms with Gasteiger partial charge >= 0.3 is 0 Å². The van der Waals surface area contributed by atoms with Crippen molar-refractivity contribution in [2.45, 2.75) is 79.3 Å². The summed E-state index contributed by atoms with van der Waals surface area (Å²) in [6.07, 6.45) is 4.97. The van der Waals surface area contributed by atoms with Crippen LogP contribution in [-0.2, 0) is 0 Å². The molecular formula is C24H39BrN4S. The van der Waals surface area contributed by atoms with Gasteiger partial charge in [0.1, 0.15) is 0 Å². The largest absolute Gasteiger partial charge is 0.353 e. The molecule has 0 fully saturated rings. The second-order valence-corrected chi connectivity index (χ2v) is 10.3. The molecule has 4 nitrogen and oxygen atoms in total. The van der Waals surface area contributed by atoms with Gasteiger partial charge in [-0.3, -0.25) is 4.90 Å². The van der Waals surface area contributed by atoms with Gasteiger partial charge in [-0.15, -0.1) is 0 Å². The minimum atomic E-state index is 0.251. The highest BCUT2D eigenvalue weighted by Crippen LogP contribution is 2.24. The molecule has 0 aromatic heterocycles. The smallest absolute Gasteiger partial charge is 0.200 e. The predicted molar refractivity (Wildman–Crippen MR) is 138 cm³/mol. The first-order valence-corrected chi connectivity index (χ1v) is 12.6. The van der Waals surface area contributed by atoms with E-state index in [4.69, 9.17) is 17.2 Å². The fraction of sp³-hybridized carbons (Fsp3) is 0.667. The lowest BCUT2D eigenvalue weighted by molar-refractivity contribution is 0.308. The number of nitrogens with zero attached hydrogens (tertiary/aromatic N) is 2. The molecule has 1 aliphatic rings. The summed E-state index contributed by atoms with van der Waals surface area (Å²) in [6.45, 7) is 14.5. The fourth-order valence-electron chi connectivity index (χ4n) is 4.13. The van der Waals surface area contributed by atoms with E-state index in [2.05, 4.69) is 73.0 Å². The lowest BCUT2D eigenvalue weighted by Gasteiger charge is -2.30. The van der Waals surface area contributed by atoms with Gasteiger partial charge in [0.25, 0.3) is 0 Å². The summed E-state index contributed by atoms with van der Waals surface area (Å²) < 4.78 is 1.03. The van der Waals surface area contributed by atoms with Crippen LogP contribution >= 0.6 is 28.1 Å². The van der Waals surface area contributed by atoms with Crippen molar-refractivity contribution in [2.24, 2.45) is 22.7 Å². The summed E-state index contributed by atoms with van der Waals surface area (Å²) >= 11 is 9.32. The van der Waals surface area contributed by atoms with Crippen molar-refractivity contribution in [3.63, 3.8) is 0 Å². The molecule has 0 amide bonds. The van der Waals surface area contributed by atoms with Crippen molar-refractivity contribution in [1.29, 1.82) is 0 Å². The number of guanidine groups is 1. The van der Waals surface area contributed by atoms with E-state index < -0.39 is 0 Å². The zero-order valence-electron chi connectivity index (χ0n) is 19.4. The minimum absolute atomic E-state index is 0.251. The second kappa shape index (κ2) is 12.0. The maximum atomic E-state index is 5.79. The van der Waals surface area contributed by atoms with Crippen LogP contribution in [0.25, 0.3) is 0 Å². The standard InChI is InChI=1S/C24H39BrN4S/c1-7-10-17(5)13-19(8-2)18(6)26-23-28-22(16(3)4)15-29(23)24(30)27-21-12-9-11-20(25)14-21/h9,11-12,14,16-19,22H,7-8,10,13,15H2,1-6H3,(H,26,28)(H,27,30). The normalized spacial score (nSPS) is 19.4. The predicted octanol–water partition coefficient (Wildman–Crippen LogP) is 6.67. The highest BCUT2D eigenvalue weighted by atomic mass is 79.9. The Morgan fingerprint density at radius 1 is 1.27 bits per heavy atom. The van der Waals surface area contributed by atoms with Gasteiger partial charge in [0.15, 0.2) is 5.11 Å². The van der Waals surface area contributed by atoms with Crippen LogP contribution < -0.4 is 10.6 Å². The van der Waals surface area contributed by atoms with E-state index in [1.165, 1.54) is 25.7 Å². The van der Waals surface area contributed by atoms with Gasteiger partial charge in [0.2, 0.25) is 5.96 Å². The zero-order valence-corrected chi connectivity index (χ0v) is 21.8. The third kappa shape index (κ3) is 7.23. The third-order valence-corrected chi connectivity index (χ3v) is 6.89. The molecule has 0 radical (unpaired) electrons. The first kappa shape index (κ1) is 25.1. The van der Waals surface area contributed by atoms with Crippen LogP contribution in [0.1, 0.15) is 67.2 Å². The van der Waals surface area contributed by atoms with Crippen LogP contribution in [-0.4, -0.2) is 34.6 Å². The highest BCUT2D eigenvalue weighted by molar-refractivity contribution is 9.10. The van der Waals surface area contributed by atoms with Crippen LogP contribution in [0.3, 0.4) is 0 Å². The average molecular weight is 496 g/mol. The molecule has 1 aromatic rings. The van der Waals surface area contributed by atoms with E-state index >= 15 is 0 Å². The molecule has 2 N–H and O–H groups in total. The van der Waals surface area contributed by atoms with Crippen LogP contribution in [0.2, 0.25) is 0 Å². The number of hydrogen-bond acceptors (Lipinski definition) is 3. The number of benzene rings is 1. The monoisotopic (exact) mass is 494 g/mol. The summed E-state index contributed by atoms with van der Waals surface area (Å²) in [5.41, 5.74) is 0.981. The summed E-state index contributed by atoms with van der Waals surface area (Å²) in [5.74, 6) is 2.77. The Balaban J connectivity index is 2.10. The van der Waals surface area contributed by atoms with E-state index in [9.17, 15) is 0 Å². The van der Waals surface area contributed by atoms with E-state index in [0.717, 1.165) is 28.6 Å². The number of rotatable bonds is 9. The molecular weight excluding hydrogens is 456 g/mol. The van der Waals surface area contributed by atoms with Gasteiger partial charge in [0.05, 0.1) is 12.6 Å². The van der Waals surface area contributed by atoms with Crippen LogP contribution in [0.5, 0.6) is 0 Å². The lowest BCUT2D eigenvalue weighted by Crippen LogP contribution is -2.49. The minimum Gasteiger partial charge on any atom is -0.353 e. The van der Waals surface area contributed by atoms with Crippen molar-refractivity contribution in [3.05, 3.63) is 28.7 Å². The third-order valence-electron chi connectivity index (χ3n) is 6.08. The topological polar surface area (TPSA) is 39.7 Å². The number of nitrogens with one attached hydrogen (secondary N) is 2. The average Bonchev–Trinajstić information content (AvgIpc) is 3.10. The number of aliphatic imine (C=N–C) groups is 1. The SMILES string of the molecule is CCCC(C)CC(CC)C(C)NC1=NC(C(C)C)CN1C(=S)Nc1cccc(Br)c1. The molecule has 0 bridgehead atoms. The molecule has 1 heterocycles. The summed E-state index contributed by atoms with van der Waals surface area (Å²) in [7, 11) is 0. The quantitative estimate of drug-likeness (QED) is 0.375. The summed E-state index contributed by atoms with van der Waals surface area (Å²) in [4.78, 5) is 7.15. The Morgan fingerprint density at radius 3 is 2.60 bits per heavy atom. The van der Waals surface area contributed by atoms with Gasteiger partial charge in [-0.25, -0.2) is 4.99 Å². The molecule has 1 aliphatic heterocycles. The number of halogens is 1. The van der Waals surface area contributed by atoms with Crippen molar-refractivity contribution >= 4 is 44.9 Å². The summed E-state index contributed by atoms with van der Waals surface area (Å²) in [6, 6.07) is 8.70. The number of hydrogen-bond donors (Lipinski definition) is 2. The molecule has 0 saturated carbocycles. The Kier molecular flexibility index (Phi) is 10.1. The van der Waals surface area contributed by atoms with Gasteiger partial charge in [0, 0.05) is 16.2 Å². The molecule has 4 atom stereocenters. The van der Waals surface area contributed by atoms with Gasteiger partial charge < -0.3 is 10.6 Å². The van der Waals surface area contributed by atoms with Crippen LogP contribution in [0, 0.1) is 17.8 Å². The molecule has 30 heavy (non-hydrogen) atoms. The molecule has 0 aliphatic carbocycles. The van der Waals surface area contributed by atoms with Crippen LogP contribution in [0.4, 0.5) is 5.69 Å². The van der Waals surface area contributed by atoms with E-state index in [1.54, 1.807) is 0 Å². The second-order valence-electron chi connectivity index (χ2n) is 9.05. The molecule has 0 spiro atoms. The summed E-state index contributed by atoms with van der Waals surface area (Å²) in [5, 5.41) is 7.81. The van der Waals surface area contributed by atoms with E-state index in [-0.39, 0.29) is 6.04 Å². The molecule has 1 aromatic carbocycles. The number of thiocarbonyl (C=S) groups is 1. The Morgan fingerprint density at radius 2 is 2.00 bits per heavy atom. The van der Waals surface area contributed by atoms with Crippen molar-refractivity contribution in [3.8, 4) is 0 Å². The van der Waals surface area contributed by atoms with E-state index in [0.29, 0.717) is 23.0 Å². The molecule has 6 heteroatoms. The van der Waals surface area contributed by atoms with Crippen molar-refractivity contribution in [1.82, 2.24) is 10.2 Å². The fourth-order valence-corrected chi connectivity index (χ4v) is 4.80. The maximum absolute atomic E-state index is 5.79. The van der Waals surface area contributed by atoms with Crippen molar-refractivity contribution in [2.75, 3.05) is 11.9 Å². The Bertz CT molecular complexity index is 721. The Hall–Kier alpha value is -1.14. The van der Waals surface area contributed by atoms with Gasteiger partial charge in [-0.2, -0.15) is 0 Å². The van der Waals surface area contributed by atoms with Crippen LogP contribution in [0.15, 0.2) is 33.7 Å². The highest BCUT2D eigenvalue weighted by Gasteiger charge is 2.31. The molecule has 2 rings (SSSR count). The first-order chi connectivity index (χ1) is 14.2. The molecule has 4 unspecified atom stereocenters. The van der Waals surface area contributed by atoms with Gasteiger partial charge in [-0.1, -0.05) is 75.9 Å². The number of anilines is 1. The lowest BCUT2D eigenvalue weighted by atomic mass is 9.86. The molecule has 168 valence electrons.